The maximum atomic E-state index is 6.51. The van der Waals surface area contributed by atoms with Crippen LogP contribution in [0.2, 0.25) is 0 Å². The van der Waals surface area contributed by atoms with E-state index in [2.05, 4.69) is 84.9 Å². The second-order valence-electron chi connectivity index (χ2n) is 11.5. The maximum absolute atomic E-state index is 6.51. The zero-order chi connectivity index (χ0) is 31.2. The van der Waals surface area contributed by atoms with Crippen molar-refractivity contribution in [2.24, 2.45) is 0 Å². The smallest absolute Gasteiger partial charge is 0.227 e. The summed E-state index contributed by atoms with van der Waals surface area (Å²) in [5.41, 5.74) is 7.29. The first-order valence-corrected chi connectivity index (χ1v) is 15.6. The molecule has 5 nitrogen and oxygen atoms in total. The first kappa shape index (κ1) is 26.9. The third-order valence-electron chi connectivity index (χ3n) is 8.55. The Bertz CT molecular complexity index is 2580. The fraction of sp³-hybridized carbons (Fsp3) is 0. The molecule has 0 saturated carbocycles. The molecule has 0 unspecified atom stereocenters. The fourth-order valence-corrected chi connectivity index (χ4v) is 6.27. The van der Waals surface area contributed by atoms with E-state index in [0.29, 0.717) is 23.4 Å². The summed E-state index contributed by atoms with van der Waals surface area (Å²) in [6.45, 7) is 0. The first-order valence-electron chi connectivity index (χ1n) is 15.6. The minimum atomic E-state index is 0.598. The van der Waals surface area contributed by atoms with Crippen molar-refractivity contribution >= 4 is 32.6 Å². The van der Waals surface area contributed by atoms with Gasteiger partial charge in [-0.15, -0.1) is 0 Å². The number of hydrogen-bond acceptors (Lipinski definition) is 5. The van der Waals surface area contributed by atoms with Gasteiger partial charge in [0.05, 0.1) is 0 Å². The van der Waals surface area contributed by atoms with Crippen LogP contribution in [0.15, 0.2) is 162 Å². The van der Waals surface area contributed by atoms with Gasteiger partial charge in [0.25, 0.3) is 0 Å². The van der Waals surface area contributed by atoms with Gasteiger partial charge in [-0.3, -0.25) is 0 Å². The molecule has 0 fully saturated rings. The molecule has 9 aromatic rings. The summed E-state index contributed by atoms with van der Waals surface area (Å²) in [7, 11) is 0. The summed E-state index contributed by atoms with van der Waals surface area (Å²) < 4.78 is 6.51. The molecule has 2 heterocycles. The van der Waals surface area contributed by atoms with Crippen LogP contribution in [0.25, 0.3) is 89.4 Å². The zero-order valence-corrected chi connectivity index (χ0v) is 25.2. The van der Waals surface area contributed by atoms with Gasteiger partial charge in [-0.1, -0.05) is 133 Å². The highest BCUT2D eigenvalue weighted by Gasteiger charge is 2.19. The number of nitrogens with zero attached hydrogens (tertiary/aromatic N) is 4. The van der Waals surface area contributed by atoms with Crippen molar-refractivity contribution in [1.82, 2.24) is 19.9 Å². The lowest BCUT2D eigenvalue weighted by atomic mass is 9.93. The molecule has 0 radical (unpaired) electrons. The molecule has 0 aliphatic heterocycles. The van der Waals surface area contributed by atoms with Gasteiger partial charge in [-0.05, 0) is 51.6 Å². The van der Waals surface area contributed by atoms with Crippen LogP contribution in [0.1, 0.15) is 0 Å². The van der Waals surface area contributed by atoms with Gasteiger partial charge in [0.2, 0.25) is 5.89 Å². The van der Waals surface area contributed by atoms with Crippen LogP contribution in [0, 0.1) is 0 Å². The van der Waals surface area contributed by atoms with Crippen molar-refractivity contribution in [2.75, 3.05) is 0 Å². The van der Waals surface area contributed by atoms with E-state index in [1.54, 1.807) is 0 Å². The van der Waals surface area contributed by atoms with Crippen LogP contribution in [-0.4, -0.2) is 19.9 Å². The highest BCUT2D eigenvalue weighted by molar-refractivity contribution is 6.12. The van der Waals surface area contributed by atoms with E-state index in [-0.39, 0.29) is 0 Å². The number of oxazole rings is 1. The zero-order valence-electron chi connectivity index (χ0n) is 25.2. The van der Waals surface area contributed by atoms with Gasteiger partial charge in [0, 0.05) is 27.6 Å². The Balaban J connectivity index is 1.27. The number of aromatic nitrogens is 4. The van der Waals surface area contributed by atoms with Crippen LogP contribution in [0.3, 0.4) is 0 Å². The molecule has 0 aliphatic carbocycles. The third kappa shape index (κ3) is 4.82. The lowest BCUT2D eigenvalue weighted by molar-refractivity contribution is 0.623. The van der Waals surface area contributed by atoms with Crippen molar-refractivity contribution in [3.8, 4) is 56.7 Å². The predicted molar refractivity (Wildman–Crippen MR) is 190 cm³/mol. The van der Waals surface area contributed by atoms with E-state index in [0.717, 1.165) is 60.6 Å². The maximum Gasteiger partial charge on any atom is 0.227 e. The van der Waals surface area contributed by atoms with E-state index in [1.807, 2.05) is 72.8 Å². The lowest BCUT2D eigenvalue weighted by Crippen LogP contribution is -2.01. The standard InChI is InChI=1S/C42H26N4O/c1-3-13-29(14-4-1)39-44-40(32-23-22-27-12-7-8-17-31(27)26-32)46-41(45-39)35-20-10-9-19-33(35)34-21-11-18-28-24-25-36-38(37(28)34)47-42(43-36)30-15-5-2-6-16-30/h1-26H. The summed E-state index contributed by atoms with van der Waals surface area (Å²) >= 11 is 0. The van der Waals surface area contributed by atoms with Gasteiger partial charge in [0.1, 0.15) is 5.52 Å². The highest BCUT2D eigenvalue weighted by atomic mass is 16.3. The van der Waals surface area contributed by atoms with Crippen LogP contribution in [-0.2, 0) is 0 Å². The largest absolute Gasteiger partial charge is 0.435 e. The Morgan fingerprint density at radius 1 is 0.362 bits per heavy atom. The lowest BCUT2D eigenvalue weighted by Gasteiger charge is -2.14. The minimum Gasteiger partial charge on any atom is -0.435 e. The molecular weight excluding hydrogens is 576 g/mol. The van der Waals surface area contributed by atoms with Crippen molar-refractivity contribution in [1.29, 1.82) is 0 Å². The summed E-state index contributed by atoms with van der Waals surface area (Å²) in [4.78, 5) is 20.0. The number of fused-ring (bicyclic) bond motifs is 4. The number of rotatable bonds is 5. The van der Waals surface area contributed by atoms with Gasteiger partial charge in [0.15, 0.2) is 23.1 Å². The quantitative estimate of drug-likeness (QED) is 0.196. The van der Waals surface area contributed by atoms with Crippen molar-refractivity contribution in [3.05, 3.63) is 158 Å². The Morgan fingerprint density at radius 3 is 1.77 bits per heavy atom. The summed E-state index contributed by atoms with van der Waals surface area (Å²) in [5.74, 6) is 2.44. The molecule has 0 spiro atoms. The normalized spacial score (nSPS) is 11.4. The highest BCUT2D eigenvalue weighted by Crippen LogP contribution is 2.40. The molecule has 0 saturated heterocycles. The molecule has 220 valence electrons. The third-order valence-corrected chi connectivity index (χ3v) is 8.55. The summed E-state index contributed by atoms with van der Waals surface area (Å²) in [6, 6.07) is 53.5. The van der Waals surface area contributed by atoms with Crippen LogP contribution >= 0.6 is 0 Å². The molecule has 0 atom stereocenters. The molecule has 47 heavy (non-hydrogen) atoms. The minimum absolute atomic E-state index is 0.598. The Hall–Kier alpha value is -6.46. The Kier molecular flexibility index (Phi) is 6.39. The summed E-state index contributed by atoms with van der Waals surface area (Å²) in [6.07, 6.45) is 0. The van der Waals surface area contributed by atoms with Crippen LogP contribution in [0.5, 0.6) is 0 Å². The molecule has 0 amide bonds. The fourth-order valence-electron chi connectivity index (χ4n) is 6.27. The van der Waals surface area contributed by atoms with Crippen molar-refractivity contribution < 1.29 is 4.42 Å². The van der Waals surface area contributed by atoms with E-state index in [4.69, 9.17) is 24.4 Å². The van der Waals surface area contributed by atoms with E-state index in [1.165, 1.54) is 5.39 Å². The second kappa shape index (κ2) is 11.2. The van der Waals surface area contributed by atoms with Crippen molar-refractivity contribution in [3.63, 3.8) is 0 Å². The van der Waals surface area contributed by atoms with Crippen LogP contribution in [0.4, 0.5) is 0 Å². The second-order valence-corrected chi connectivity index (χ2v) is 11.5. The average Bonchev–Trinajstić information content (AvgIpc) is 3.60. The SMILES string of the molecule is c1ccc(-c2nc(-c3ccc4ccccc4c3)nc(-c3ccccc3-c3cccc4ccc5nc(-c6ccccc6)oc5c34)n2)cc1. The molecular formula is C42H26N4O. The van der Waals surface area contributed by atoms with E-state index >= 15 is 0 Å². The molecule has 2 aromatic heterocycles. The molecule has 0 aliphatic rings. The van der Waals surface area contributed by atoms with E-state index < -0.39 is 0 Å². The summed E-state index contributed by atoms with van der Waals surface area (Å²) in [5, 5.41) is 4.37. The van der Waals surface area contributed by atoms with Crippen LogP contribution < -0.4 is 0 Å². The Labute approximate surface area is 270 Å². The van der Waals surface area contributed by atoms with Gasteiger partial charge in [-0.25, -0.2) is 19.9 Å². The number of benzene rings is 7. The van der Waals surface area contributed by atoms with Crippen molar-refractivity contribution in [2.45, 2.75) is 0 Å². The predicted octanol–water partition coefficient (Wildman–Crippen LogP) is 10.7. The molecule has 5 heteroatoms. The molecule has 7 aromatic carbocycles. The molecule has 0 bridgehead atoms. The van der Waals surface area contributed by atoms with E-state index in [9.17, 15) is 0 Å². The van der Waals surface area contributed by atoms with Gasteiger partial charge in [-0.2, -0.15) is 0 Å². The average molecular weight is 603 g/mol. The Morgan fingerprint density at radius 2 is 0.957 bits per heavy atom. The van der Waals surface area contributed by atoms with Gasteiger partial charge < -0.3 is 4.42 Å². The molecule has 0 N–H and O–H groups in total. The number of hydrogen-bond donors (Lipinski definition) is 0. The monoisotopic (exact) mass is 602 g/mol. The first-order chi connectivity index (χ1) is 23.3. The molecule has 9 rings (SSSR count). The topological polar surface area (TPSA) is 64.7 Å². The van der Waals surface area contributed by atoms with Gasteiger partial charge >= 0.3 is 0 Å².